The lowest BCUT2D eigenvalue weighted by Gasteiger charge is -2.31. The number of aryl methyl sites for hydroxylation is 1. The van der Waals surface area contributed by atoms with Gasteiger partial charge in [0.15, 0.2) is 0 Å². The first-order chi connectivity index (χ1) is 25.3. The second-order valence-corrected chi connectivity index (χ2v) is 13.9. The van der Waals surface area contributed by atoms with Gasteiger partial charge in [-0.1, -0.05) is 61.5 Å². The molecule has 53 heavy (non-hydrogen) atoms. The van der Waals surface area contributed by atoms with E-state index in [0.717, 1.165) is 5.56 Å². The number of hydrogen-bond donors (Lipinski definition) is 6. The van der Waals surface area contributed by atoms with Crippen LogP contribution in [0.1, 0.15) is 56.5 Å². The normalized spacial score (nSPS) is 22.2. The van der Waals surface area contributed by atoms with Gasteiger partial charge in [-0.2, -0.15) is 0 Å². The van der Waals surface area contributed by atoms with Gasteiger partial charge in [-0.15, -0.1) is 5.10 Å². The Balaban J connectivity index is 1.51. The molecule has 16 nitrogen and oxygen atoms in total. The Morgan fingerprint density at radius 3 is 2.34 bits per heavy atom. The fraction of sp³-hybridized carbons (Fsp3) is 0.459. The van der Waals surface area contributed by atoms with Crippen LogP contribution in [-0.2, 0) is 48.0 Å². The van der Waals surface area contributed by atoms with E-state index in [1.807, 2.05) is 6.07 Å². The lowest BCUT2D eigenvalue weighted by Crippen LogP contribution is -2.59. The zero-order chi connectivity index (χ0) is 38.2. The number of nitrogens with one attached hydrogen (secondary N) is 5. The molecule has 1 saturated heterocycles. The van der Waals surface area contributed by atoms with Crippen molar-refractivity contribution in [3.8, 4) is 0 Å². The molecule has 0 saturated carbocycles. The third-order valence-corrected chi connectivity index (χ3v) is 9.67. The summed E-state index contributed by atoms with van der Waals surface area (Å²) in [4.78, 5) is 82.0. The Bertz CT molecular complexity index is 1800. The number of carbonyl (C=O) groups excluding carboxylic acids is 5. The van der Waals surface area contributed by atoms with Gasteiger partial charge in [-0.05, 0) is 43.1 Å². The molecule has 282 valence electrons. The van der Waals surface area contributed by atoms with Crippen molar-refractivity contribution in [2.45, 2.75) is 89.1 Å². The molecule has 1 fully saturated rings. The number of aromatic nitrogens is 3. The number of nitrogens with zero attached hydrogens (tertiary/aromatic N) is 4. The van der Waals surface area contributed by atoms with E-state index in [-0.39, 0.29) is 56.4 Å². The second-order valence-electron chi connectivity index (χ2n) is 13.9. The summed E-state index contributed by atoms with van der Waals surface area (Å²) in [6.07, 6.45) is 2.17. The molecule has 3 aliphatic heterocycles. The number of anilines is 1. The third kappa shape index (κ3) is 9.83. The second kappa shape index (κ2) is 17.3. The lowest BCUT2D eigenvalue weighted by atomic mass is 10.0. The van der Waals surface area contributed by atoms with Gasteiger partial charge in [0, 0.05) is 50.5 Å². The van der Waals surface area contributed by atoms with Gasteiger partial charge in [-0.25, -0.2) is 9.48 Å². The molecule has 3 aliphatic rings. The number of carbonyl (C=O) groups is 6. The Hall–Kier alpha value is -5.64. The van der Waals surface area contributed by atoms with Crippen LogP contribution in [0, 0.1) is 5.92 Å². The van der Waals surface area contributed by atoms with E-state index in [4.69, 9.17) is 0 Å². The molecule has 4 heterocycles. The Labute approximate surface area is 307 Å². The molecule has 6 bridgehead atoms. The number of likely N-dealkylation sites (N-methyl/N-ethyl adjacent to an activating group) is 1. The minimum absolute atomic E-state index is 0.0439. The van der Waals surface area contributed by atoms with Crippen molar-refractivity contribution < 1.29 is 33.9 Å². The van der Waals surface area contributed by atoms with E-state index in [1.165, 1.54) is 4.90 Å². The van der Waals surface area contributed by atoms with E-state index >= 15 is 0 Å². The topological polar surface area (TPSA) is 217 Å². The van der Waals surface area contributed by atoms with Crippen LogP contribution < -0.4 is 26.6 Å². The van der Waals surface area contributed by atoms with Crippen molar-refractivity contribution in [1.29, 1.82) is 0 Å². The van der Waals surface area contributed by atoms with Crippen molar-refractivity contribution in [3.05, 3.63) is 77.6 Å². The van der Waals surface area contributed by atoms with E-state index in [0.29, 0.717) is 16.9 Å². The summed E-state index contributed by atoms with van der Waals surface area (Å²) in [6, 6.07) is 9.96. The van der Waals surface area contributed by atoms with E-state index in [2.05, 4.69) is 36.9 Å². The van der Waals surface area contributed by atoms with Crippen LogP contribution in [0.3, 0.4) is 0 Å². The number of aliphatic carboxylic acids is 1. The molecule has 6 rings (SSSR count). The zero-order valence-electron chi connectivity index (χ0n) is 30.2. The SMILES string of the molecule is CN[C@@H](C)C(=O)N[C@H](C(=O)N1C[C@@H]2C[C@H]1C(=O)N[C@@H](Cc1ccccc1)C(=O)NC(C(=O)O)Cc1ccc(cc1)NC(=O)CCc1cn2nn1)C(C)C. The third-order valence-electron chi connectivity index (χ3n) is 9.67. The summed E-state index contributed by atoms with van der Waals surface area (Å²) in [5.41, 5.74) is 2.38. The lowest BCUT2D eigenvalue weighted by molar-refractivity contribution is -0.144. The summed E-state index contributed by atoms with van der Waals surface area (Å²) >= 11 is 0. The van der Waals surface area contributed by atoms with Gasteiger partial charge in [0.2, 0.25) is 29.5 Å². The molecule has 16 heteroatoms. The van der Waals surface area contributed by atoms with Crippen LogP contribution >= 0.6 is 0 Å². The summed E-state index contributed by atoms with van der Waals surface area (Å²) in [5, 5.41) is 32.6. The highest BCUT2D eigenvalue weighted by molar-refractivity contribution is 5.96. The molecule has 1 unspecified atom stereocenters. The van der Waals surface area contributed by atoms with Gasteiger partial charge in [-0.3, -0.25) is 24.0 Å². The minimum Gasteiger partial charge on any atom is -0.480 e. The standard InChI is InChI=1S/C37H47N9O7/c1-21(2)32(42-33(48)22(3)38-4)36(51)45-20-27-18-30(45)35(50)40-28(16-23-8-6-5-7-9-23)34(49)41-29(37(52)53)17-24-10-12-25(13-11-24)39-31(47)15-14-26-19-46(27)44-43-26/h5-13,19,21-22,27-30,32,38H,14-18,20H2,1-4H3,(H,39,47)(H,40,50)(H,41,49)(H,42,48)(H,52,53)/t22-,27-,28-,29?,30-,32-/m0/s1. The van der Waals surface area contributed by atoms with Crippen LogP contribution in [0.5, 0.6) is 0 Å². The molecule has 5 amide bonds. The largest absolute Gasteiger partial charge is 0.480 e. The van der Waals surface area contributed by atoms with Gasteiger partial charge < -0.3 is 36.6 Å². The maximum atomic E-state index is 14.3. The fourth-order valence-corrected chi connectivity index (χ4v) is 6.43. The summed E-state index contributed by atoms with van der Waals surface area (Å²) in [5.74, 6) is -4.07. The molecule has 6 atom stereocenters. The van der Waals surface area contributed by atoms with Crippen LogP contribution in [-0.4, -0.2) is 104 Å². The predicted molar refractivity (Wildman–Crippen MR) is 193 cm³/mol. The Morgan fingerprint density at radius 1 is 0.962 bits per heavy atom. The average Bonchev–Trinajstić information content (AvgIpc) is 3.80. The molecule has 0 radical (unpaired) electrons. The zero-order valence-corrected chi connectivity index (χ0v) is 30.2. The van der Waals surface area contributed by atoms with Gasteiger partial charge in [0.05, 0.1) is 17.8 Å². The number of rotatable bonds is 8. The monoisotopic (exact) mass is 729 g/mol. The Morgan fingerprint density at radius 2 is 1.68 bits per heavy atom. The summed E-state index contributed by atoms with van der Waals surface area (Å²) < 4.78 is 1.57. The number of amides is 5. The van der Waals surface area contributed by atoms with Gasteiger partial charge in [0.25, 0.3) is 0 Å². The molecular formula is C37H47N9O7. The number of hydrogen-bond acceptors (Lipinski definition) is 9. The quantitative estimate of drug-likeness (QED) is 0.190. The van der Waals surface area contributed by atoms with Gasteiger partial charge in [0.1, 0.15) is 24.2 Å². The highest BCUT2D eigenvalue weighted by Crippen LogP contribution is 2.29. The van der Waals surface area contributed by atoms with Gasteiger partial charge >= 0.3 is 5.97 Å². The van der Waals surface area contributed by atoms with E-state index < -0.39 is 59.9 Å². The van der Waals surface area contributed by atoms with Crippen LogP contribution in [0.4, 0.5) is 5.69 Å². The molecule has 1 aromatic heterocycles. The van der Waals surface area contributed by atoms with E-state index in [9.17, 15) is 33.9 Å². The molecule has 6 N–H and O–H groups in total. The highest BCUT2D eigenvalue weighted by atomic mass is 16.4. The van der Waals surface area contributed by atoms with Crippen molar-refractivity contribution >= 4 is 41.2 Å². The molecule has 2 aromatic carbocycles. The number of carboxylic acids is 1. The van der Waals surface area contributed by atoms with Crippen molar-refractivity contribution in [2.24, 2.45) is 5.92 Å². The maximum absolute atomic E-state index is 14.3. The van der Waals surface area contributed by atoms with Crippen molar-refractivity contribution in [2.75, 3.05) is 18.9 Å². The Kier molecular flexibility index (Phi) is 12.6. The molecule has 0 spiro atoms. The molecular weight excluding hydrogens is 682 g/mol. The predicted octanol–water partition coefficient (Wildman–Crippen LogP) is 0.593. The maximum Gasteiger partial charge on any atom is 0.326 e. The molecule has 3 aromatic rings. The smallest absolute Gasteiger partial charge is 0.326 e. The average molecular weight is 730 g/mol. The molecule has 0 aliphatic carbocycles. The van der Waals surface area contributed by atoms with Crippen LogP contribution in [0.15, 0.2) is 60.8 Å². The highest BCUT2D eigenvalue weighted by Gasteiger charge is 2.45. The van der Waals surface area contributed by atoms with E-state index in [1.54, 1.807) is 87.2 Å². The summed E-state index contributed by atoms with van der Waals surface area (Å²) in [6.45, 7) is 5.30. The number of likely N-dealkylation sites (tertiary alicyclic amines) is 1. The van der Waals surface area contributed by atoms with Crippen molar-refractivity contribution in [3.63, 3.8) is 0 Å². The number of carboxylic acid groups (broad SMARTS) is 1. The first-order valence-electron chi connectivity index (χ1n) is 17.8. The van der Waals surface area contributed by atoms with Crippen LogP contribution in [0.2, 0.25) is 0 Å². The first-order valence-corrected chi connectivity index (χ1v) is 17.8. The van der Waals surface area contributed by atoms with Crippen molar-refractivity contribution in [1.82, 2.24) is 41.2 Å². The minimum atomic E-state index is -1.34. The van der Waals surface area contributed by atoms with Crippen LogP contribution in [0.25, 0.3) is 0 Å². The first kappa shape index (κ1) is 38.6. The number of fused-ring (bicyclic) bond motifs is 11. The fourth-order valence-electron chi connectivity index (χ4n) is 6.43. The number of benzene rings is 2. The summed E-state index contributed by atoms with van der Waals surface area (Å²) in [7, 11) is 1.63.